The average molecular weight is 353 g/mol. The molecule has 1 amide bonds. The summed E-state index contributed by atoms with van der Waals surface area (Å²) in [5, 5.41) is 2.87. The van der Waals surface area contributed by atoms with Crippen molar-refractivity contribution in [3.63, 3.8) is 0 Å². The molecule has 0 aliphatic carbocycles. The van der Waals surface area contributed by atoms with Crippen molar-refractivity contribution >= 4 is 23.7 Å². The molecule has 0 radical (unpaired) electrons. The van der Waals surface area contributed by atoms with Crippen LogP contribution in [0.15, 0.2) is 18.2 Å². The monoisotopic (exact) mass is 353 g/mol. The third kappa shape index (κ3) is 6.35. The van der Waals surface area contributed by atoms with Gasteiger partial charge in [0, 0.05) is 28.7 Å². The van der Waals surface area contributed by atoms with Gasteiger partial charge in [0.15, 0.2) is 11.5 Å². The van der Waals surface area contributed by atoms with Gasteiger partial charge in [-0.1, -0.05) is 20.8 Å². The van der Waals surface area contributed by atoms with Crippen LogP contribution in [0.3, 0.4) is 0 Å². The zero-order valence-corrected chi connectivity index (χ0v) is 16.1. The van der Waals surface area contributed by atoms with E-state index in [4.69, 9.17) is 14.2 Å². The summed E-state index contributed by atoms with van der Waals surface area (Å²) in [7, 11) is 4.67. The molecule has 0 fully saturated rings. The van der Waals surface area contributed by atoms with Crippen LogP contribution in [-0.4, -0.2) is 44.3 Å². The Balaban J connectivity index is 2.71. The van der Waals surface area contributed by atoms with E-state index in [0.29, 0.717) is 23.8 Å². The van der Waals surface area contributed by atoms with Crippen LogP contribution in [0.25, 0.3) is 6.08 Å². The molecule has 0 saturated carbocycles. The van der Waals surface area contributed by atoms with E-state index in [-0.39, 0.29) is 10.7 Å². The molecule has 1 aromatic carbocycles. The van der Waals surface area contributed by atoms with Gasteiger partial charge >= 0.3 is 0 Å². The van der Waals surface area contributed by atoms with Crippen LogP contribution in [-0.2, 0) is 4.79 Å². The summed E-state index contributed by atoms with van der Waals surface area (Å²) in [6.07, 6.45) is 3.19. The minimum Gasteiger partial charge on any atom is -0.493 e. The molecular weight excluding hydrogens is 326 g/mol. The van der Waals surface area contributed by atoms with Crippen LogP contribution in [0.4, 0.5) is 0 Å². The van der Waals surface area contributed by atoms with Crippen molar-refractivity contribution in [1.82, 2.24) is 5.32 Å². The molecule has 1 N–H and O–H groups in total. The smallest absolute Gasteiger partial charge is 0.244 e. The fourth-order valence-electron chi connectivity index (χ4n) is 2.01. The summed E-state index contributed by atoms with van der Waals surface area (Å²) in [6.45, 7) is 7.10. The van der Waals surface area contributed by atoms with E-state index in [9.17, 15) is 4.79 Å². The second-order valence-corrected chi connectivity index (χ2v) is 7.93. The number of nitrogens with one attached hydrogen (secondary N) is 1. The van der Waals surface area contributed by atoms with Crippen LogP contribution >= 0.6 is 11.8 Å². The van der Waals surface area contributed by atoms with Gasteiger partial charge in [0.2, 0.25) is 11.7 Å². The number of thioether (sulfide) groups is 1. The molecule has 0 aliphatic rings. The maximum Gasteiger partial charge on any atom is 0.244 e. The van der Waals surface area contributed by atoms with Crippen molar-refractivity contribution in [2.45, 2.75) is 25.5 Å². The Morgan fingerprint density at radius 2 is 1.79 bits per heavy atom. The van der Waals surface area contributed by atoms with E-state index in [0.717, 1.165) is 11.3 Å². The summed E-state index contributed by atoms with van der Waals surface area (Å²) < 4.78 is 16.2. The first kappa shape index (κ1) is 20.2. The van der Waals surface area contributed by atoms with Gasteiger partial charge in [0.1, 0.15) is 0 Å². The van der Waals surface area contributed by atoms with Crippen molar-refractivity contribution < 1.29 is 19.0 Å². The van der Waals surface area contributed by atoms with Gasteiger partial charge in [0.05, 0.1) is 21.3 Å². The number of carbonyl (C=O) groups excluding carboxylic acids is 1. The maximum atomic E-state index is 11.9. The largest absolute Gasteiger partial charge is 0.493 e. The van der Waals surface area contributed by atoms with Crippen molar-refractivity contribution in [2.24, 2.45) is 0 Å². The number of ether oxygens (including phenoxy) is 3. The highest BCUT2D eigenvalue weighted by Crippen LogP contribution is 2.40. The summed E-state index contributed by atoms with van der Waals surface area (Å²) in [5.41, 5.74) is 0.745. The van der Waals surface area contributed by atoms with E-state index < -0.39 is 0 Å². The van der Waals surface area contributed by atoms with E-state index in [1.807, 2.05) is 17.8 Å². The van der Waals surface area contributed by atoms with Crippen molar-refractivity contribution in [3.05, 3.63) is 23.8 Å². The van der Waals surface area contributed by atoms with Gasteiger partial charge in [0.25, 0.3) is 0 Å². The van der Waals surface area contributed by atoms with E-state index in [2.05, 4.69) is 26.1 Å². The zero-order chi connectivity index (χ0) is 18.2. The summed E-state index contributed by atoms with van der Waals surface area (Å²) >= 11 is 1.82. The highest BCUT2D eigenvalue weighted by Gasteiger charge is 2.14. The number of amides is 1. The second-order valence-electron chi connectivity index (χ2n) is 6.01. The zero-order valence-electron chi connectivity index (χ0n) is 15.3. The predicted molar refractivity (Wildman–Crippen MR) is 100 cm³/mol. The molecule has 0 saturated heterocycles. The van der Waals surface area contributed by atoms with Crippen LogP contribution in [0.1, 0.15) is 26.3 Å². The first-order valence-corrected chi connectivity index (χ1v) is 8.69. The summed E-state index contributed by atoms with van der Waals surface area (Å²) in [5.74, 6) is 2.35. The van der Waals surface area contributed by atoms with Crippen molar-refractivity contribution in [3.8, 4) is 17.2 Å². The lowest BCUT2D eigenvalue weighted by molar-refractivity contribution is -0.116. The van der Waals surface area contributed by atoms with Gasteiger partial charge < -0.3 is 19.5 Å². The average Bonchev–Trinajstić information content (AvgIpc) is 2.54. The quantitative estimate of drug-likeness (QED) is 0.574. The fourth-order valence-corrected chi connectivity index (χ4v) is 2.83. The number of methoxy groups -OCH3 is 3. The molecule has 6 heteroatoms. The molecule has 1 aromatic rings. The highest BCUT2D eigenvalue weighted by atomic mass is 32.2. The third-order valence-electron chi connectivity index (χ3n) is 3.09. The molecule has 0 atom stereocenters. The van der Waals surface area contributed by atoms with Crippen LogP contribution in [0.2, 0.25) is 0 Å². The Morgan fingerprint density at radius 1 is 1.12 bits per heavy atom. The standard InChI is InChI=1S/C18H27NO4S/c1-18(2,3)24-12-11-19-15(20)10-8-13-7-9-14(21-4)17(23-6)16(13)22-5/h7-10H,11-12H2,1-6H3,(H,19,20)/b10-8-. The van der Waals surface area contributed by atoms with Gasteiger partial charge in [-0.05, 0) is 18.2 Å². The maximum absolute atomic E-state index is 11.9. The predicted octanol–water partition coefficient (Wildman–Crippen LogP) is 3.37. The summed E-state index contributed by atoms with van der Waals surface area (Å²) in [6, 6.07) is 3.60. The topological polar surface area (TPSA) is 56.8 Å². The Labute approximate surface area is 148 Å². The molecule has 0 bridgehead atoms. The molecule has 5 nitrogen and oxygen atoms in total. The van der Waals surface area contributed by atoms with Crippen LogP contribution in [0.5, 0.6) is 17.2 Å². The number of hydrogen-bond acceptors (Lipinski definition) is 5. The molecule has 0 spiro atoms. The Bertz CT molecular complexity index is 579. The summed E-state index contributed by atoms with van der Waals surface area (Å²) in [4.78, 5) is 11.9. The van der Waals surface area contributed by atoms with E-state index in [1.54, 1.807) is 33.5 Å². The van der Waals surface area contributed by atoms with Gasteiger partial charge in [-0.2, -0.15) is 11.8 Å². The van der Waals surface area contributed by atoms with Crippen molar-refractivity contribution in [2.75, 3.05) is 33.6 Å². The lowest BCUT2D eigenvalue weighted by atomic mass is 10.1. The van der Waals surface area contributed by atoms with Gasteiger partial charge in [-0.3, -0.25) is 4.79 Å². The lowest BCUT2D eigenvalue weighted by Gasteiger charge is -2.17. The molecule has 24 heavy (non-hydrogen) atoms. The first-order valence-electron chi connectivity index (χ1n) is 7.71. The number of benzene rings is 1. The first-order chi connectivity index (χ1) is 11.3. The third-order valence-corrected chi connectivity index (χ3v) is 4.36. The lowest BCUT2D eigenvalue weighted by Crippen LogP contribution is -2.25. The number of hydrogen-bond donors (Lipinski definition) is 1. The SMILES string of the molecule is COc1ccc(/C=C\C(=O)NCCSC(C)(C)C)c(OC)c1OC. The molecule has 0 aromatic heterocycles. The molecule has 0 unspecified atom stereocenters. The van der Waals surface area contributed by atoms with Crippen molar-refractivity contribution in [1.29, 1.82) is 0 Å². The molecular formula is C18H27NO4S. The molecule has 0 aliphatic heterocycles. The minimum absolute atomic E-state index is 0.138. The Morgan fingerprint density at radius 3 is 2.33 bits per heavy atom. The van der Waals surface area contributed by atoms with Gasteiger partial charge in [-0.15, -0.1) is 0 Å². The van der Waals surface area contributed by atoms with E-state index >= 15 is 0 Å². The fraction of sp³-hybridized carbons (Fsp3) is 0.500. The van der Waals surface area contributed by atoms with Crippen LogP contribution < -0.4 is 19.5 Å². The minimum atomic E-state index is -0.138. The Hall–Kier alpha value is -1.82. The number of rotatable bonds is 8. The van der Waals surface area contributed by atoms with Crippen LogP contribution in [0, 0.1) is 0 Å². The van der Waals surface area contributed by atoms with E-state index in [1.165, 1.54) is 6.08 Å². The Kier molecular flexibility index (Phi) is 7.98. The number of carbonyl (C=O) groups is 1. The highest BCUT2D eigenvalue weighted by molar-refractivity contribution is 8.00. The normalized spacial score (nSPS) is 11.4. The molecule has 1 rings (SSSR count). The molecule has 134 valence electrons. The second kappa shape index (κ2) is 9.47. The molecule has 0 heterocycles. The van der Waals surface area contributed by atoms with Gasteiger partial charge in [-0.25, -0.2) is 0 Å².